The van der Waals surface area contributed by atoms with Crippen molar-refractivity contribution < 1.29 is 23.5 Å². The molecule has 0 aromatic heterocycles. The number of nitrogens with one attached hydrogen (secondary N) is 3. The molecule has 0 saturated carbocycles. The van der Waals surface area contributed by atoms with Gasteiger partial charge < -0.3 is 30.2 Å². The highest BCUT2D eigenvalue weighted by molar-refractivity contribution is 9.10. The number of rotatable bonds is 11. The van der Waals surface area contributed by atoms with E-state index in [2.05, 4.69) is 57.6 Å². The highest BCUT2D eigenvalue weighted by Gasteiger charge is 2.60. The van der Waals surface area contributed by atoms with Crippen molar-refractivity contribution in [3.05, 3.63) is 57.8 Å². The van der Waals surface area contributed by atoms with E-state index >= 15 is 4.39 Å². The van der Waals surface area contributed by atoms with E-state index in [-0.39, 0.29) is 15.8 Å². The molecule has 2 fully saturated rings. The Balaban J connectivity index is 1.78. The smallest absolute Gasteiger partial charge is 0.237 e. The molecule has 3 N–H and O–H groups in total. The summed E-state index contributed by atoms with van der Waals surface area (Å²) in [6.07, 6.45) is 2.28. The standard InChI is InChI=1S/C32H44BrFN4O4/c1-31(2,3)19-26-32(20-39,23-11-10-21(41-5)18-25(23)35-4)27(22-8-6-9-24(33)28(22)34)29(37-26)30(40)36-12-7-13-38-14-16-42-17-15-38/h6,8-11,18,20,26-27,29,35,37H,7,12-17,19H2,1-5H3,(H,36,40)/t26-,27+,29-,32-/m1/s1. The molecule has 10 heteroatoms. The molecular weight excluding hydrogens is 603 g/mol. The van der Waals surface area contributed by atoms with Crippen LogP contribution in [-0.4, -0.2) is 82.7 Å². The average molecular weight is 648 g/mol. The normalized spacial score (nSPS) is 24.8. The molecule has 8 nitrogen and oxygen atoms in total. The predicted octanol–water partition coefficient (Wildman–Crippen LogP) is 4.47. The number of methoxy groups -OCH3 is 1. The Morgan fingerprint density at radius 3 is 2.64 bits per heavy atom. The van der Waals surface area contributed by atoms with Gasteiger partial charge in [0.15, 0.2) is 0 Å². The zero-order valence-electron chi connectivity index (χ0n) is 25.3. The van der Waals surface area contributed by atoms with Crippen LogP contribution in [0.25, 0.3) is 0 Å². The van der Waals surface area contributed by atoms with Crippen LogP contribution in [0.1, 0.15) is 50.7 Å². The Morgan fingerprint density at radius 2 is 2.00 bits per heavy atom. The maximum atomic E-state index is 16.0. The van der Waals surface area contributed by atoms with Crippen molar-refractivity contribution in [2.45, 2.75) is 57.0 Å². The van der Waals surface area contributed by atoms with E-state index in [1.165, 1.54) is 0 Å². The van der Waals surface area contributed by atoms with Gasteiger partial charge in [0.2, 0.25) is 5.91 Å². The van der Waals surface area contributed by atoms with Crippen LogP contribution in [0, 0.1) is 11.2 Å². The molecule has 0 spiro atoms. The van der Waals surface area contributed by atoms with Gasteiger partial charge in [-0.3, -0.25) is 9.69 Å². The number of aldehydes is 1. The van der Waals surface area contributed by atoms with Gasteiger partial charge in [0.1, 0.15) is 17.9 Å². The first-order chi connectivity index (χ1) is 20.1. The lowest BCUT2D eigenvalue weighted by molar-refractivity contribution is -0.123. The molecule has 2 aliphatic heterocycles. The van der Waals surface area contributed by atoms with Gasteiger partial charge in [-0.1, -0.05) is 39.0 Å². The maximum absolute atomic E-state index is 16.0. The lowest BCUT2D eigenvalue weighted by atomic mass is 9.62. The molecule has 2 aromatic carbocycles. The van der Waals surface area contributed by atoms with Crippen molar-refractivity contribution in [3.63, 3.8) is 0 Å². The minimum absolute atomic E-state index is 0.192. The number of amides is 1. The quantitative estimate of drug-likeness (QED) is 0.245. The van der Waals surface area contributed by atoms with Crippen LogP contribution in [0.15, 0.2) is 40.9 Å². The fourth-order valence-electron chi connectivity index (χ4n) is 6.47. The number of morpholine rings is 1. The maximum Gasteiger partial charge on any atom is 0.237 e. The lowest BCUT2D eigenvalue weighted by Crippen LogP contribution is -2.47. The van der Waals surface area contributed by atoms with Gasteiger partial charge in [-0.2, -0.15) is 0 Å². The third kappa shape index (κ3) is 6.82. The van der Waals surface area contributed by atoms with E-state index in [1.807, 2.05) is 18.2 Å². The SMILES string of the molecule is CNc1cc(OC)ccc1[C@]1(C=O)[C@@H](CC(C)(C)C)N[C@@H](C(=O)NCCCN2CCOCC2)[C@@H]1c1cccc(Br)c1F. The van der Waals surface area contributed by atoms with Crippen molar-refractivity contribution >= 4 is 33.8 Å². The number of anilines is 1. The molecule has 2 heterocycles. The number of hydrogen-bond acceptors (Lipinski definition) is 7. The highest BCUT2D eigenvalue weighted by Crippen LogP contribution is 2.53. The number of ether oxygens (including phenoxy) is 2. The zero-order valence-corrected chi connectivity index (χ0v) is 26.9. The van der Waals surface area contributed by atoms with Crippen LogP contribution in [-0.2, 0) is 19.7 Å². The number of benzene rings is 2. The lowest BCUT2D eigenvalue weighted by Gasteiger charge is -2.39. The van der Waals surface area contributed by atoms with E-state index in [9.17, 15) is 9.59 Å². The Bertz CT molecular complexity index is 1250. The fourth-order valence-corrected chi connectivity index (χ4v) is 6.85. The summed E-state index contributed by atoms with van der Waals surface area (Å²) >= 11 is 3.34. The molecule has 230 valence electrons. The second-order valence-electron chi connectivity index (χ2n) is 12.4. The molecule has 0 aliphatic carbocycles. The minimum Gasteiger partial charge on any atom is -0.497 e. The van der Waals surface area contributed by atoms with E-state index < -0.39 is 29.2 Å². The van der Waals surface area contributed by atoms with E-state index in [0.29, 0.717) is 35.5 Å². The summed E-state index contributed by atoms with van der Waals surface area (Å²) in [7, 11) is 3.37. The molecule has 4 rings (SSSR count). The monoisotopic (exact) mass is 646 g/mol. The van der Waals surface area contributed by atoms with Crippen molar-refractivity contribution in [2.24, 2.45) is 5.41 Å². The number of carbonyl (C=O) groups is 2. The molecule has 2 aromatic rings. The second kappa shape index (κ2) is 13.8. The molecule has 1 amide bonds. The Kier molecular flexibility index (Phi) is 10.7. The van der Waals surface area contributed by atoms with Crippen LogP contribution in [0.4, 0.5) is 10.1 Å². The molecule has 2 saturated heterocycles. The van der Waals surface area contributed by atoms with Crippen molar-refractivity contribution in [2.75, 3.05) is 58.9 Å². The topological polar surface area (TPSA) is 91.9 Å². The van der Waals surface area contributed by atoms with Crippen LogP contribution >= 0.6 is 15.9 Å². The van der Waals surface area contributed by atoms with Gasteiger partial charge in [0.05, 0.1) is 36.3 Å². The molecular formula is C32H44BrFN4O4. The summed E-state index contributed by atoms with van der Waals surface area (Å²) in [4.78, 5) is 30.0. The van der Waals surface area contributed by atoms with Crippen molar-refractivity contribution in [3.8, 4) is 5.75 Å². The predicted molar refractivity (Wildman–Crippen MR) is 167 cm³/mol. The van der Waals surface area contributed by atoms with Crippen LogP contribution in [0.5, 0.6) is 5.75 Å². The van der Waals surface area contributed by atoms with Crippen molar-refractivity contribution in [1.82, 2.24) is 15.5 Å². The number of hydrogen-bond donors (Lipinski definition) is 3. The van der Waals surface area contributed by atoms with Crippen molar-refractivity contribution in [1.29, 1.82) is 0 Å². The summed E-state index contributed by atoms with van der Waals surface area (Å²) in [6.45, 7) is 10.9. The molecule has 0 unspecified atom stereocenters. The van der Waals surface area contributed by atoms with Crippen LogP contribution in [0.3, 0.4) is 0 Å². The van der Waals surface area contributed by atoms with Gasteiger partial charge in [0.25, 0.3) is 0 Å². The third-order valence-electron chi connectivity index (χ3n) is 8.43. The Morgan fingerprint density at radius 1 is 1.26 bits per heavy atom. The van der Waals surface area contributed by atoms with Gasteiger partial charge in [0, 0.05) is 50.4 Å². The molecule has 0 radical (unpaired) electrons. The minimum atomic E-state index is -1.27. The van der Waals surface area contributed by atoms with Gasteiger partial charge in [-0.25, -0.2) is 4.39 Å². The first kappa shape index (κ1) is 32.4. The van der Waals surface area contributed by atoms with Gasteiger partial charge in [-0.15, -0.1) is 0 Å². The molecule has 42 heavy (non-hydrogen) atoms. The fraction of sp³-hybridized carbons (Fsp3) is 0.562. The number of halogens is 2. The summed E-state index contributed by atoms with van der Waals surface area (Å²) in [5.74, 6) is -0.915. The van der Waals surface area contributed by atoms with E-state index in [0.717, 1.165) is 45.6 Å². The summed E-state index contributed by atoms with van der Waals surface area (Å²) in [5.41, 5.74) is 0.229. The molecule has 2 aliphatic rings. The third-order valence-corrected chi connectivity index (χ3v) is 9.04. The highest BCUT2D eigenvalue weighted by atomic mass is 79.9. The number of carbonyl (C=O) groups excluding carboxylic acids is 2. The summed E-state index contributed by atoms with van der Waals surface area (Å²) in [6, 6.07) is 9.27. The van der Waals surface area contributed by atoms with Gasteiger partial charge in [-0.05, 0) is 64.0 Å². The summed E-state index contributed by atoms with van der Waals surface area (Å²) in [5, 5.41) is 9.86. The summed E-state index contributed by atoms with van der Waals surface area (Å²) < 4.78 is 27.2. The Hall–Kier alpha value is -2.53. The van der Waals surface area contributed by atoms with E-state index in [4.69, 9.17) is 9.47 Å². The number of nitrogens with zero attached hydrogens (tertiary/aromatic N) is 1. The molecule has 4 atom stereocenters. The van der Waals surface area contributed by atoms with Gasteiger partial charge >= 0.3 is 0 Å². The van der Waals surface area contributed by atoms with Crippen LogP contribution in [0.2, 0.25) is 0 Å². The van der Waals surface area contributed by atoms with E-state index in [1.54, 1.807) is 32.4 Å². The first-order valence-electron chi connectivity index (χ1n) is 14.7. The first-order valence-corrected chi connectivity index (χ1v) is 15.5. The second-order valence-corrected chi connectivity index (χ2v) is 13.2. The van der Waals surface area contributed by atoms with Crippen LogP contribution < -0.4 is 20.7 Å². The Labute approximate surface area is 257 Å². The largest absolute Gasteiger partial charge is 0.497 e. The molecule has 0 bridgehead atoms. The zero-order chi connectivity index (χ0) is 30.5. The average Bonchev–Trinajstić information content (AvgIpc) is 3.29.